The van der Waals surface area contributed by atoms with E-state index in [9.17, 15) is 9.59 Å². The standard InChI is InChI=1S/C17H17N5O4S/c1-3-25-16(24)13(10(2)23)27-17-21-20-15(26-17)12-9-19-22(14(12)18)11-7-5-4-6-8-11/h4-9,13H,3,18H2,1-2H3/t13-/m0/s1. The molecule has 9 nitrogen and oxygen atoms in total. The van der Waals surface area contributed by atoms with E-state index in [1.54, 1.807) is 11.6 Å². The van der Waals surface area contributed by atoms with Crippen LogP contribution in [0, 0.1) is 0 Å². The van der Waals surface area contributed by atoms with E-state index in [1.165, 1.54) is 13.1 Å². The first kappa shape index (κ1) is 18.6. The van der Waals surface area contributed by atoms with Crippen LogP contribution in [0.5, 0.6) is 0 Å². The van der Waals surface area contributed by atoms with E-state index in [0.29, 0.717) is 11.4 Å². The first-order valence-electron chi connectivity index (χ1n) is 8.07. The van der Waals surface area contributed by atoms with Gasteiger partial charge in [-0.2, -0.15) is 5.10 Å². The molecule has 0 aliphatic heterocycles. The van der Waals surface area contributed by atoms with Gasteiger partial charge in [-0.05, 0) is 37.7 Å². The normalized spacial score (nSPS) is 11.9. The minimum absolute atomic E-state index is 0.0603. The molecule has 1 atom stereocenters. The summed E-state index contributed by atoms with van der Waals surface area (Å²) in [5, 5.41) is 11.0. The van der Waals surface area contributed by atoms with E-state index in [2.05, 4.69) is 15.3 Å². The second-order valence-electron chi connectivity index (χ2n) is 5.42. The topological polar surface area (TPSA) is 126 Å². The molecule has 0 radical (unpaired) electrons. The van der Waals surface area contributed by atoms with E-state index in [-0.39, 0.29) is 23.5 Å². The van der Waals surface area contributed by atoms with Crippen molar-refractivity contribution in [1.82, 2.24) is 20.0 Å². The smallest absolute Gasteiger partial charge is 0.327 e. The van der Waals surface area contributed by atoms with Crippen molar-refractivity contribution in [3.63, 3.8) is 0 Å². The molecule has 2 N–H and O–H groups in total. The predicted octanol–water partition coefficient (Wildman–Crippen LogP) is 2.12. The number of thioether (sulfide) groups is 1. The van der Waals surface area contributed by atoms with Crippen LogP contribution in [-0.4, -0.2) is 43.6 Å². The molecule has 0 saturated carbocycles. The maximum absolute atomic E-state index is 11.9. The van der Waals surface area contributed by atoms with E-state index in [0.717, 1.165) is 17.4 Å². The number of rotatable bonds is 7. The molecule has 0 fully saturated rings. The fraction of sp³-hybridized carbons (Fsp3) is 0.235. The van der Waals surface area contributed by atoms with Gasteiger partial charge >= 0.3 is 5.97 Å². The lowest BCUT2D eigenvalue weighted by atomic mass is 10.3. The Morgan fingerprint density at radius 2 is 2.04 bits per heavy atom. The number of hydrogen-bond donors (Lipinski definition) is 1. The first-order valence-corrected chi connectivity index (χ1v) is 8.95. The van der Waals surface area contributed by atoms with Crippen molar-refractivity contribution in [1.29, 1.82) is 0 Å². The Hall–Kier alpha value is -3.14. The van der Waals surface area contributed by atoms with Crippen molar-refractivity contribution in [2.45, 2.75) is 24.3 Å². The molecule has 0 amide bonds. The highest BCUT2D eigenvalue weighted by atomic mass is 32.2. The van der Waals surface area contributed by atoms with Gasteiger partial charge in [-0.25, -0.2) is 4.68 Å². The van der Waals surface area contributed by atoms with Gasteiger partial charge in [0.25, 0.3) is 11.1 Å². The number of aromatic nitrogens is 4. The quantitative estimate of drug-likeness (QED) is 0.368. The van der Waals surface area contributed by atoms with Crippen molar-refractivity contribution in [2.24, 2.45) is 0 Å². The number of para-hydroxylation sites is 1. The lowest BCUT2D eigenvalue weighted by Gasteiger charge is -2.09. The number of anilines is 1. The third kappa shape index (κ3) is 4.00. The zero-order valence-electron chi connectivity index (χ0n) is 14.7. The van der Waals surface area contributed by atoms with E-state index in [1.807, 2.05) is 30.3 Å². The van der Waals surface area contributed by atoms with Crippen LogP contribution in [-0.2, 0) is 14.3 Å². The number of Topliss-reactive ketones (excluding diaryl/α,β-unsaturated/α-hetero) is 1. The Labute approximate surface area is 158 Å². The Bertz CT molecular complexity index is 953. The van der Waals surface area contributed by atoms with Gasteiger partial charge in [0.15, 0.2) is 11.0 Å². The monoisotopic (exact) mass is 387 g/mol. The molecule has 0 spiro atoms. The molecule has 0 unspecified atom stereocenters. The molecule has 27 heavy (non-hydrogen) atoms. The minimum Gasteiger partial charge on any atom is -0.465 e. The van der Waals surface area contributed by atoms with Crippen molar-refractivity contribution >= 4 is 29.3 Å². The van der Waals surface area contributed by atoms with Gasteiger partial charge in [0, 0.05) is 0 Å². The third-order valence-electron chi connectivity index (χ3n) is 3.53. The van der Waals surface area contributed by atoms with Crippen LogP contribution < -0.4 is 5.73 Å². The van der Waals surface area contributed by atoms with Crippen LogP contribution in [0.25, 0.3) is 17.1 Å². The van der Waals surface area contributed by atoms with Gasteiger partial charge in [0.05, 0.1) is 18.5 Å². The summed E-state index contributed by atoms with van der Waals surface area (Å²) in [6.07, 6.45) is 1.51. The highest BCUT2D eigenvalue weighted by Crippen LogP contribution is 2.30. The highest BCUT2D eigenvalue weighted by molar-refractivity contribution is 8.01. The Balaban J connectivity index is 1.83. The highest BCUT2D eigenvalue weighted by Gasteiger charge is 2.29. The summed E-state index contributed by atoms with van der Waals surface area (Å²) in [6.45, 7) is 3.14. The van der Waals surface area contributed by atoms with Crippen LogP contribution in [0.3, 0.4) is 0 Å². The fourth-order valence-corrected chi connectivity index (χ4v) is 3.03. The summed E-state index contributed by atoms with van der Waals surface area (Å²) in [5.41, 5.74) is 7.39. The number of carbonyl (C=O) groups excluding carboxylic acids is 2. The average molecular weight is 387 g/mol. The lowest BCUT2D eigenvalue weighted by molar-refractivity contribution is -0.144. The van der Waals surface area contributed by atoms with E-state index in [4.69, 9.17) is 14.9 Å². The molecule has 3 rings (SSSR count). The number of carbonyl (C=O) groups is 2. The van der Waals surface area contributed by atoms with Crippen LogP contribution in [0.4, 0.5) is 5.82 Å². The Morgan fingerprint density at radius 3 is 2.70 bits per heavy atom. The number of nitrogens with two attached hydrogens (primary N) is 1. The molecular weight excluding hydrogens is 370 g/mol. The van der Waals surface area contributed by atoms with Gasteiger partial charge < -0.3 is 14.9 Å². The number of nitrogens with zero attached hydrogens (tertiary/aromatic N) is 4. The molecule has 0 aliphatic carbocycles. The molecule has 140 valence electrons. The van der Waals surface area contributed by atoms with Crippen LogP contribution in [0.2, 0.25) is 0 Å². The zero-order chi connectivity index (χ0) is 19.4. The maximum atomic E-state index is 11.9. The third-order valence-corrected chi connectivity index (χ3v) is 4.66. The lowest BCUT2D eigenvalue weighted by Crippen LogP contribution is -2.27. The molecular formula is C17H17N5O4S. The zero-order valence-corrected chi connectivity index (χ0v) is 15.5. The molecule has 1 aromatic carbocycles. The molecule has 2 heterocycles. The van der Waals surface area contributed by atoms with Crippen molar-refractivity contribution in [3.8, 4) is 17.1 Å². The maximum Gasteiger partial charge on any atom is 0.327 e. The molecule has 0 aliphatic rings. The predicted molar refractivity (Wildman–Crippen MR) is 98.2 cm³/mol. The second kappa shape index (κ2) is 8.04. The summed E-state index contributed by atoms with van der Waals surface area (Å²) in [7, 11) is 0. The van der Waals surface area contributed by atoms with Gasteiger partial charge in [-0.3, -0.25) is 9.59 Å². The van der Waals surface area contributed by atoms with Crippen molar-refractivity contribution < 1.29 is 18.7 Å². The summed E-state index contributed by atoms with van der Waals surface area (Å²) < 4.78 is 12.0. The van der Waals surface area contributed by atoms with E-state index >= 15 is 0 Å². The summed E-state index contributed by atoms with van der Waals surface area (Å²) in [5.74, 6) is -0.543. The van der Waals surface area contributed by atoms with Gasteiger partial charge in [-0.1, -0.05) is 18.2 Å². The van der Waals surface area contributed by atoms with Crippen LogP contribution in [0.1, 0.15) is 13.8 Å². The Kier molecular flexibility index (Phi) is 5.55. The van der Waals surface area contributed by atoms with Crippen molar-refractivity contribution in [2.75, 3.05) is 12.3 Å². The number of nitrogen functional groups attached to an aromatic ring is 1. The van der Waals surface area contributed by atoms with Crippen LogP contribution in [0.15, 0.2) is 46.2 Å². The number of ketones is 1. The van der Waals surface area contributed by atoms with E-state index < -0.39 is 11.2 Å². The number of ether oxygens (including phenoxy) is 1. The summed E-state index contributed by atoms with van der Waals surface area (Å²) in [4.78, 5) is 23.6. The SMILES string of the molecule is CCOC(=O)[C@@H](Sc1nnc(-c2cnn(-c3ccccc3)c2N)o1)C(C)=O. The molecule has 2 aromatic heterocycles. The molecule has 0 saturated heterocycles. The van der Waals surface area contributed by atoms with Crippen molar-refractivity contribution in [3.05, 3.63) is 36.5 Å². The number of benzene rings is 1. The Morgan fingerprint density at radius 1 is 1.30 bits per heavy atom. The average Bonchev–Trinajstić information content (AvgIpc) is 3.26. The largest absolute Gasteiger partial charge is 0.465 e. The fourth-order valence-electron chi connectivity index (χ4n) is 2.28. The van der Waals surface area contributed by atoms with Gasteiger partial charge in [0.1, 0.15) is 11.4 Å². The minimum atomic E-state index is -1.07. The first-order chi connectivity index (χ1) is 13.0. The molecule has 10 heteroatoms. The summed E-state index contributed by atoms with van der Waals surface area (Å²) >= 11 is 0.837. The van der Waals surface area contributed by atoms with Crippen LogP contribution >= 0.6 is 11.8 Å². The summed E-state index contributed by atoms with van der Waals surface area (Å²) in [6, 6.07) is 9.35. The molecule has 3 aromatic rings. The van der Waals surface area contributed by atoms with Gasteiger partial charge in [0.2, 0.25) is 0 Å². The molecule has 0 bridgehead atoms. The number of esters is 1. The second-order valence-corrected chi connectivity index (χ2v) is 6.48. The van der Waals surface area contributed by atoms with Gasteiger partial charge in [-0.15, -0.1) is 10.2 Å². The number of hydrogen-bond acceptors (Lipinski definition) is 9.